The standard InChI is InChI=1S/C19H17FN4O/c1-11-16(18(25)21-2)17(12-7-9-13(20)10-8-12)24-15-6-4-3-5-14(15)23-19(24)22-11/h3-10,17H,1-2H3,(H,21,25)(H,22,23)/t17-/m1/s1. The maximum atomic E-state index is 13.4. The number of hydrogen-bond donors (Lipinski definition) is 2. The summed E-state index contributed by atoms with van der Waals surface area (Å²) in [6.07, 6.45) is 0. The van der Waals surface area contributed by atoms with Crippen molar-refractivity contribution in [2.24, 2.45) is 0 Å². The van der Waals surface area contributed by atoms with Gasteiger partial charge in [-0.1, -0.05) is 24.3 Å². The van der Waals surface area contributed by atoms with Gasteiger partial charge in [-0.3, -0.25) is 9.36 Å². The van der Waals surface area contributed by atoms with E-state index >= 15 is 0 Å². The predicted molar refractivity (Wildman–Crippen MR) is 94.7 cm³/mol. The Labute approximate surface area is 144 Å². The molecule has 0 aliphatic carbocycles. The smallest absolute Gasteiger partial charge is 0.251 e. The van der Waals surface area contributed by atoms with E-state index in [1.165, 1.54) is 12.1 Å². The van der Waals surface area contributed by atoms with Crippen LogP contribution in [0.4, 0.5) is 10.3 Å². The van der Waals surface area contributed by atoms with Crippen molar-refractivity contribution >= 4 is 22.9 Å². The minimum absolute atomic E-state index is 0.178. The van der Waals surface area contributed by atoms with Crippen molar-refractivity contribution in [3.63, 3.8) is 0 Å². The molecule has 0 saturated carbocycles. The monoisotopic (exact) mass is 336 g/mol. The summed E-state index contributed by atoms with van der Waals surface area (Å²) < 4.78 is 15.4. The number of hydrogen-bond acceptors (Lipinski definition) is 3. The number of allylic oxidation sites excluding steroid dienone is 1. The lowest BCUT2D eigenvalue weighted by Gasteiger charge is -2.30. The number of fused-ring (bicyclic) bond motifs is 3. The van der Waals surface area contributed by atoms with E-state index in [0.29, 0.717) is 11.5 Å². The van der Waals surface area contributed by atoms with E-state index < -0.39 is 0 Å². The number of halogens is 1. The summed E-state index contributed by atoms with van der Waals surface area (Å²) in [6, 6.07) is 13.6. The van der Waals surface area contributed by atoms with Crippen LogP contribution in [0.3, 0.4) is 0 Å². The van der Waals surface area contributed by atoms with Gasteiger partial charge in [-0.15, -0.1) is 0 Å². The van der Waals surface area contributed by atoms with Crippen LogP contribution in [0.25, 0.3) is 11.0 Å². The molecule has 1 atom stereocenters. The number of para-hydroxylation sites is 2. The molecular weight excluding hydrogens is 319 g/mol. The molecule has 0 radical (unpaired) electrons. The minimum atomic E-state index is -0.385. The highest BCUT2D eigenvalue weighted by Gasteiger charge is 2.33. The van der Waals surface area contributed by atoms with Crippen molar-refractivity contribution in [3.05, 3.63) is 71.2 Å². The van der Waals surface area contributed by atoms with Gasteiger partial charge in [-0.25, -0.2) is 9.37 Å². The normalized spacial score (nSPS) is 16.5. The van der Waals surface area contributed by atoms with Crippen molar-refractivity contribution in [2.75, 3.05) is 12.4 Å². The molecular formula is C19H17FN4O. The second-order valence-electron chi connectivity index (χ2n) is 5.99. The van der Waals surface area contributed by atoms with Crippen LogP contribution in [0.1, 0.15) is 18.5 Å². The first kappa shape index (κ1) is 15.4. The van der Waals surface area contributed by atoms with Crippen LogP contribution in [0.2, 0.25) is 0 Å². The number of anilines is 1. The SMILES string of the molecule is CNC(=O)C1=C(C)Nc2nc3ccccc3n2[C@@H]1c1ccc(F)cc1. The Hall–Kier alpha value is -3.15. The van der Waals surface area contributed by atoms with E-state index in [0.717, 1.165) is 22.3 Å². The molecule has 2 N–H and O–H groups in total. The van der Waals surface area contributed by atoms with Crippen molar-refractivity contribution < 1.29 is 9.18 Å². The summed E-state index contributed by atoms with van der Waals surface area (Å²) in [7, 11) is 1.60. The molecule has 4 rings (SSSR count). The molecule has 2 aromatic carbocycles. The molecule has 3 aromatic rings. The molecule has 0 fully saturated rings. The number of rotatable bonds is 2. The number of nitrogens with zero attached hydrogens (tertiary/aromatic N) is 2. The third-order valence-corrected chi connectivity index (χ3v) is 4.49. The van der Waals surface area contributed by atoms with Crippen LogP contribution in [0, 0.1) is 5.82 Å². The summed E-state index contributed by atoms with van der Waals surface area (Å²) in [5.41, 5.74) is 3.89. The molecule has 1 aliphatic rings. The highest BCUT2D eigenvalue weighted by Crippen LogP contribution is 2.38. The zero-order valence-corrected chi connectivity index (χ0v) is 13.9. The van der Waals surface area contributed by atoms with Crippen molar-refractivity contribution in [1.29, 1.82) is 0 Å². The summed E-state index contributed by atoms with van der Waals surface area (Å²) in [5, 5.41) is 5.92. The lowest BCUT2D eigenvalue weighted by molar-refractivity contribution is -0.117. The lowest BCUT2D eigenvalue weighted by atomic mass is 9.94. The van der Waals surface area contributed by atoms with Crippen molar-refractivity contribution in [3.8, 4) is 0 Å². The first-order valence-electron chi connectivity index (χ1n) is 8.02. The first-order chi connectivity index (χ1) is 12.1. The van der Waals surface area contributed by atoms with Crippen LogP contribution in [-0.4, -0.2) is 22.5 Å². The predicted octanol–water partition coefficient (Wildman–Crippen LogP) is 3.21. The first-order valence-corrected chi connectivity index (χ1v) is 8.02. The van der Waals surface area contributed by atoms with Gasteiger partial charge in [-0.05, 0) is 36.8 Å². The molecule has 0 spiro atoms. The molecule has 0 unspecified atom stereocenters. The number of amides is 1. The third kappa shape index (κ3) is 2.38. The Balaban J connectivity index is 2.01. The number of carbonyl (C=O) groups is 1. The molecule has 6 heteroatoms. The molecule has 25 heavy (non-hydrogen) atoms. The molecule has 0 saturated heterocycles. The topological polar surface area (TPSA) is 59.0 Å². The fraction of sp³-hybridized carbons (Fsp3) is 0.158. The van der Waals surface area contributed by atoms with E-state index in [9.17, 15) is 9.18 Å². The van der Waals surface area contributed by atoms with Crippen LogP contribution in [0.5, 0.6) is 0 Å². The summed E-state index contributed by atoms with van der Waals surface area (Å²) in [4.78, 5) is 17.2. The van der Waals surface area contributed by atoms with E-state index in [-0.39, 0.29) is 17.8 Å². The molecule has 5 nitrogen and oxygen atoms in total. The van der Waals surface area contributed by atoms with E-state index in [4.69, 9.17) is 0 Å². The van der Waals surface area contributed by atoms with Gasteiger partial charge in [0.05, 0.1) is 22.6 Å². The summed E-state index contributed by atoms with van der Waals surface area (Å²) >= 11 is 0. The van der Waals surface area contributed by atoms with E-state index in [1.807, 2.05) is 35.8 Å². The van der Waals surface area contributed by atoms with Gasteiger partial charge >= 0.3 is 0 Å². The number of aromatic nitrogens is 2. The third-order valence-electron chi connectivity index (χ3n) is 4.49. The maximum absolute atomic E-state index is 13.4. The van der Waals surface area contributed by atoms with Gasteiger partial charge in [-0.2, -0.15) is 0 Å². The maximum Gasteiger partial charge on any atom is 0.251 e. The number of carbonyl (C=O) groups excluding carboxylic acids is 1. The Morgan fingerprint density at radius 1 is 1.20 bits per heavy atom. The largest absolute Gasteiger partial charge is 0.355 e. The molecule has 0 bridgehead atoms. The van der Waals surface area contributed by atoms with E-state index in [1.54, 1.807) is 19.2 Å². The van der Waals surface area contributed by atoms with Crippen molar-refractivity contribution in [2.45, 2.75) is 13.0 Å². The summed E-state index contributed by atoms with van der Waals surface area (Å²) in [6.45, 7) is 1.85. The Bertz CT molecular complexity index is 1000. The highest BCUT2D eigenvalue weighted by atomic mass is 19.1. The Morgan fingerprint density at radius 2 is 1.92 bits per heavy atom. The number of nitrogens with one attached hydrogen (secondary N) is 2. The van der Waals surface area contributed by atoms with Gasteiger partial charge in [0.25, 0.3) is 5.91 Å². The fourth-order valence-corrected chi connectivity index (χ4v) is 3.35. The lowest BCUT2D eigenvalue weighted by Crippen LogP contribution is -2.33. The average molecular weight is 336 g/mol. The Kier molecular flexibility index (Phi) is 3.53. The number of imidazole rings is 1. The highest BCUT2D eigenvalue weighted by molar-refractivity contribution is 5.97. The molecule has 2 heterocycles. The fourth-order valence-electron chi connectivity index (χ4n) is 3.35. The van der Waals surface area contributed by atoms with Gasteiger partial charge in [0.1, 0.15) is 5.82 Å². The molecule has 1 amide bonds. The van der Waals surface area contributed by atoms with Gasteiger partial charge < -0.3 is 10.6 Å². The van der Waals surface area contributed by atoms with Crippen LogP contribution in [-0.2, 0) is 4.79 Å². The zero-order chi connectivity index (χ0) is 17.6. The van der Waals surface area contributed by atoms with Gasteiger partial charge in [0.15, 0.2) is 0 Å². The number of benzene rings is 2. The summed E-state index contributed by atoms with van der Waals surface area (Å²) in [5.74, 6) is 0.180. The Morgan fingerprint density at radius 3 is 2.64 bits per heavy atom. The van der Waals surface area contributed by atoms with Crippen molar-refractivity contribution in [1.82, 2.24) is 14.9 Å². The minimum Gasteiger partial charge on any atom is -0.355 e. The van der Waals surface area contributed by atoms with E-state index in [2.05, 4.69) is 15.6 Å². The zero-order valence-electron chi connectivity index (χ0n) is 13.9. The quantitative estimate of drug-likeness (QED) is 0.755. The van der Waals surface area contributed by atoms with Crippen LogP contribution >= 0.6 is 0 Å². The second kappa shape index (κ2) is 5.73. The van der Waals surface area contributed by atoms with Crippen LogP contribution in [0.15, 0.2) is 59.8 Å². The second-order valence-corrected chi connectivity index (χ2v) is 5.99. The molecule has 1 aromatic heterocycles. The van der Waals surface area contributed by atoms with Crippen LogP contribution < -0.4 is 10.6 Å². The molecule has 1 aliphatic heterocycles. The van der Waals surface area contributed by atoms with Gasteiger partial charge in [0, 0.05) is 12.7 Å². The average Bonchev–Trinajstić information content (AvgIpc) is 2.98. The molecule has 126 valence electrons. The van der Waals surface area contributed by atoms with Gasteiger partial charge in [0.2, 0.25) is 5.95 Å². The number of likely N-dealkylation sites (N-methyl/N-ethyl adjacent to an activating group) is 1.